The number of hydrazine groups is 1. The summed E-state index contributed by atoms with van der Waals surface area (Å²) < 4.78 is 6.87. The molecule has 17 heavy (non-hydrogen) atoms. The van der Waals surface area contributed by atoms with Gasteiger partial charge in [-0.1, -0.05) is 35.0 Å². The van der Waals surface area contributed by atoms with E-state index in [9.17, 15) is 0 Å². The molecule has 3 nitrogen and oxygen atoms in total. The molecule has 1 aliphatic heterocycles. The van der Waals surface area contributed by atoms with Crippen LogP contribution in [-0.2, 0) is 11.2 Å². The number of ether oxygens (including phenoxy) is 1. The summed E-state index contributed by atoms with van der Waals surface area (Å²) in [5.74, 6) is 6.23. The Morgan fingerprint density at radius 2 is 2.41 bits per heavy atom. The van der Waals surface area contributed by atoms with Crippen molar-refractivity contribution < 1.29 is 4.74 Å². The van der Waals surface area contributed by atoms with Crippen molar-refractivity contribution in [3.8, 4) is 0 Å². The van der Waals surface area contributed by atoms with Crippen molar-refractivity contribution in [3.63, 3.8) is 0 Å². The van der Waals surface area contributed by atoms with Gasteiger partial charge in [-0.2, -0.15) is 0 Å². The largest absolute Gasteiger partial charge is 0.376 e. The Balaban J connectivity index is 2.04. The fourth-order valence-electron chi connectivity index (χ4n) is 2.42. The highest BCUT2D eigenvalue weighted by atomic mass is 79.9. The first kappa shape index (κ1) is 13.0. The van der Waals surface area contributed by atoms with Gasteiger partial charge in [0.15, 0.2) is 0 Å². The zero-order valence-corrected chi connectivity index (χ0v) is 11.6. The van der Waals surface area contributed by atoms with Crippen LogP contribution in [0, 0.1) is 5.92 Å². The van der Waals surface area contributed by atoms with Crippen molar-refractivity contribution in [1.29, 1.82) is 0 Å². The molecule has 4 heteroatoms. The van der Waals surface area contributed by atoms with Gasteiger partial charge in [0.05, 0.1) is 12.1 Å². The number of nitrogens with one attached hydrogen (secondary N) is 1. The fraction of sp³-hybridized carbons (Fsp3) is 0.538. The molecule has 0 bridgehead atoms. The maximum atomic E-state index is 5.77. The third-order valence-electron chi connectivity index (χ3n) is 3.40. The molecule has 0 aromatic heterocycles. The van der Waals surface area contributed by atoms with Crippen LogP contribution in [0.4, 0.5) is 0 Å². The Labute approximate surface area is 111 Å². The molecule has 2 rings (SSSR count). The molecule has 0 saturated carbocycles. The van der Waals surface area contributed by atoms with Crippen LogP contribution in [0.25, 0.3) is 0 Å². The van der Waals surface area contributed by atoms with Gasteiger partial charge in [0, 0.05) is 11.1 Å². The number of hydrogen-bond acceptors (Lipinski definition) is 3. The molecule has 0 radical (unpaired) electrons. The van der Waals surface area contributed by atoms with E-state index in [0.29, 0.717) is 5.92 Å². The molecule has 1 aromatic rings. The SMILES string of the molecule is CC1CCOC1C(Cc1cccc(Br)c1)NN. The standard InChI is InChI=1S/C13H19BrN2O/c1-9-5-6-17-13(9)12(16-15)8-10-3-2-4-11(14)7-10/h2-4,7,9,12-13,16H,5-6,8,15H2,1H3. The van der Waals surface area contributed by atoms with E-state index < -0.39 is 0 Å². The quantitative estimate of drug-likeness (QED) is 0.662. The Bertz CT molecular complexity index is 372. The molecule has 3 unspecified atom stereocenters. The zero-order chi connectivity index (χ0) is 12.3. The average molecular weight is 299 g/mol. The summed E-state index contributed by atoms with van der Waals surface area (Å²) >= 11 is 3.49. The highest BCUT2D eigenvalue weighted by Gasteiger charge is 2.31. The first-order valence-electron chi connectivity index (χ1n) is 6.03. The molecule has 0 amide bonds. The van der Waals surface area contributed by atoms with Crippen LogP contribution in [0.5, 0.6) is 0 Å². The van der Waals surface area contributed by atoms with Crippen molar-refractivity contribution in [2.75, 3.05) is 6.61 Å². The van der Waals surface area contributed by atoms with Gasteiger partial charge in [-0.05, 0) is 36.5 Å². The van der Waals surface area contributed by atoms with Crippen LogP contribution in [0.3, 0.4) is 0 Å². The fourth-order valence-corrected chi connectivity index (χ4v) is 2.87. The number of benzene rings is 1. The van der Waals surface area contributed by atoms with Gasteiger partial charge in [0.1, 0.15) is 0 Å². The minimum absolute atomic E-state index is 0.182. The van der Waals surface area contributed by atoms with Gasteiger partial charge in [-0.15, -0.1) is 0 Å². The molecule has 3 N–H and O–H groups in total. The molecule has 3 atom stereocenters. The van der Waals surface area contributed by atoms with E-state index in [2.05, 4.69) is 40.4 Å². The van der Waals surface area contributed by atoms with Crippen LogP contribution in [-0.4, -0.2) is 18.8 Å². The number of halogens is 1. The number of nitrogens with two attached hydrogens (primary N) is 1. The molecule has 94 valence electrons. The molecule has 1 heterocycles. The second kappa shape index (κ2) is 5.96. The maximum Gasteiger partial charge on any atom is 0.0771 e. The second-order valence-corrected chi connectivity index (χ2v) is 5.62. The van der Waals surface area contributed by atoms with Crippen molar-refractivity contribution in [2.45, 2.75) is 31.9 Å². The molecule has 1 saturated heterocycles. The first-order valence-corrected chi connectivity index (χ1v) is 6.82. The van der Waals surface area contributed by atoms with E-state index >= 15 is 0 Å². The smallest absolute Gasteiger partial charge is 0.0771 e. The van der Waals surface area contributed by atoms with Crippen LogP contribution < -0.4 is 11.3 Å². The lowest BCUT2D eigenvalue weighted by molar-refractivity contribution is 0.0610. The average Bonchev–Trinajstić information content (AvgIpc) is 2.72. The minimum atomic E-state index is 0.182. The zero-order valence-electron chi connectivity index (χ0n) is 10.0. The van der Waals surface area contributed by atoms with E-state index in [-0.39, 0.29) is 12.1 Å². The predicted molar refractivity (Wildman–Crippen MR) is 72.5 cm³/mol. The van der Waals surface area contributed by atoms with Crippen molar-refractivity contribution in [2.24, 2.45) is 11.8 Å². The Hall–Kier alpha value is -0.420. The molecule has 1 aliphatic rings. The van der Waals surface area contributed by atoms with Crippen LogP contribution in [0.1, 0.15) is 18.9 Å². The van der Waals surface area contributed by atoms with E-state index in [0.717, 1.165) is 23.9 Å². The predicted octanol–water partition coefficient (Wildman–Crippen LogP) is 2.25. The first-order chi connectivity index (χ1) is 8.20. The summed E-state index contributed by atoms with van der Waals surface area (Å²) in [6, 6.07) is 8.51. The van der Waals surface area contributed by atoms with Crippen molar-refractivity contribution in [1.82, 2.24) is 5.43 Å². The highest BCUT2D eigenvalue weighted by molar-refractivity contribution is 9.10. The third-order valence-corrected chi connectivity index (χ3v) is 3.89. The summed E-state index contributed by atoms with van der Waals surface area (Å²) in [4.78, 5) is 0. The summed E-state index contributed by atoms with van der Waals surface area (Å²) in [6.07, 6.45) is 2.24. The summed E-state index contributed by atoms with van der Waals surface area (Å²) in [7, 11) is 0. The van der Waals surface area contributed by atoms with Gasteiger partial charge < -0.3 is 4.74 Å². The Morgan fingerprint density at radius 1 is 1.59 bits per heavy atom. The Morgan fingerprint density at radius 3 is 3.00 bits per heavy atom. The lowest BCUT2D eigenvalue weighted by Gasteiger charge is -2.25. The molecule has 0 spiro atoms. The van der Waals surface area contributed by atoms with Crippen LogP contribution >= 0.6 is 15.9 Å². The van der Waals surface area contributed by atoms with Gasteiger partial charge >= 0.3 is 0 Å². The summed E-state index contributed by atoms with van der Waals surface area (Å²) in [6.45, 7) is 3.07. The van der Waals surface area contributed by atoms with Crippen molar-refractivity contribution in [3.05, 3.63) is 34.3 Å². The molecule has 1 aromatic carbocycles. The van der Waals surface area contributed by atoms with Gasteiger partial charge in [0.25, 0.3) is 0 Å². The highest BCUT2D eigenvalue weighted by Crippen LogP contribution is 2.25. The normalized spacial score (nSPS) is 26.1. The van der Waals surface area contributed by atoms with Gasteiger partial charge in [-0.3, -0.25) is 11.3 Å². The minimum Gasteiger partial charge on any atom is -0.376 e. The lowest BCUT2D eigenvalue weighted by atomic mass is 9.93. The molecule has 1 fully saturated rings. The maximum absolute atomic E-state index is 5.77. The van der Waals surface area contributed by atoms with E-state index in [1.165, 1.54) is 5.56 Å². The van der Waals surface area contributed by atoms with E-state index in [4.69, 9.17) is 10.6 Å². The van der Waals surface area contributed by atoms with Crippen LogP contribution in [0.2, 0.25) is 0 Å². The van der Waals surface area contributed by atoms with Gasteiger partial charge in [0.2, 0.25) is 0 Å². The molecular formula is C13H19BrN2O. The third kappa shape index (κ3) is 3.28. The number of rotatable bonds is 4. The molecular weight excluding hydrogens is 280 g/mol. The summed E-state index contributed by atoms with van der Waals surface area (Å²) in [5.41, 5.74) is 4.17. The second-order valence-electron chi connectivity index (χ2n) is 4.71. The summed E-state index contributed by atoms with van der Waals surface area (Å²) in [5, 5.41) is 0. The van der Waals surface area contributed by atoms with Crippen molar-refractivity contribution >= 4 is 15.9 Å². The van der Waals surface area contributed by atoms with E-state index in [1.807, 2.05) is 12.1 Å². The van der Waals surface area contributed by atoms with Gasteiger partial charge in [-0.25, -0.2) is 0 Å². The topological polar surface area (TPSA) is 47.3 Å². The Kier molecular flexibility index (Phi) is 4.56. The van der Waals surface area contributed by atoms with Crippen LogP contribution in [0.15, 0.2) is 28.7 Å². The lowest BCUT2D eigenvalue weighted by Crippen LogP contribution is -2.47. The van der Waals surface area contributed by atoms with E-state index in [1.54, 1.807) is 0 Å². The number of hydrogen-bond donors (Lipinski definition) is 2. The molecule has 0 aliphatic carbocycles. The monoisotopic (exact) mass is 298 g/mol.